The molecular formula is C48H28N4S2. The van der Waals surface area contributed by atoms with Crippen molar-refractivity contribution in [3.05, 3.63) is 170 Å². The second-order valence-corrected chi connectivity index (χ2v) is 15.5. The summed E-state index contributed by atoms with van der Waals surface area (Å²) in [6.45, 7) is 0. The summed E-state index contributed by atoms with van der Waals surface area (Å²) in [6, 6.07) is 59.7. The smallest absolute Gasteiger partial charge is 0.167 e. The lowest BCUT2D eigenvalue weighted by Crippen LogP contribution is -2.01. The Kier molecular flexibility index (Phi) is 7.18. The second kappa shape index (κ2) is 12.5. The van der Waals surface area contributed by atoms with E-state index in [-0.39, 0.29) is 0 Å². The molecule has 0 unspecified atom stereocenters. The SMILES string of the molecule is c1ccc(-c2nc3c(-c4nc(-c5ccc6ccccc6c5)nc(-c5cc(-c6ccccc6)c6ccccc6c5)n4)c4sc5ccccc5c4cc3s2)cc1. The Balaban J connectivity index is 1.23. The van der Waals surface area contributed by atoms with Crippen LogP contribution in [0.2, 0.25) is 0 Å². The standard InChI is InChI=1S/C48H28N4S2/c1-3-14-30(15-4-1)38-27-35(26-33-19-9-10-20-36(33)38)46-50-45(34-24-23-29-13-7-8-18-32(29)25-34)51-47(52-46)42-43-41(54-48(49-43)31-16-5-2-6-17-31)28-39-37-21-11-12-22-40(37)53-44(39)42/h1-28H. The van der Waals surface area contributed by atoms with Crippen LogP contribution >= 0.6 is 22.7 Å². The predicted octanol–water partition coefficient (Wildman–Crippen LogP) is 13.5. The third-order valence-corrected chi connectivity index (χ3v) is 12.4. The van der Waals surface area contributed by atoms with Gasteiger partial charge in [0.05, 0.1) is 15.8 Å². The van der Waals surface area contributed by atoms with Crippen LogP contribution in [0.15, 0.2) is 170 Å². The van der Waals surface area contributed by atoms with E-state index in [2.05, 4.69) is 164 Å². The van der Waals surface area contributed by atoms with Crippen LogP contribution in [0.4, 0.5) is 0 Å². The lowest BCUT2D eigenvalue weighted by molar-refractivity contribution is 1.08. The lowest BCUT2D eigenvalue weighted by atomic mass is 9.95. The number of nitrogens with zero attached hydrogens (tertiary/aromatic N) is 4. The molecule has 0 atom stereocenters. The molecule has 0 aliphatic heterocycles. The third kappa shape index (κ3) is 5.18. The van der Waals surface area contributed by atoms with Gasteiger partial charge in [-0.25, -0.2) is 19.9 Å². The van der Waals surface area contributed by atoms with Crippen LogP contribution < -0.4 is 0 Å². The molecule has 11 aromatic rings. The van der Waals surface area contributed by atoms with Crippen molar-refractivity contribution in [3.63, 3.8) is 0 Å². The number of thiophene rings is 1. The molecule has 0 aliphatic rings. The fourth-order valence-electron chi connectivity index (χ4n) is 7.52. The van der Waals surface area contributed by atoms with E-state index in [9.17, 15) is 0 Å². The van der Waals surface area contributed by atoms with Crippen LogP contribution in [-0.2, 0) is 0 Å². The Bertz CT molecular complexity index is 3220. The van der Waals surface area contributed by atoms with E-state index >= 15 is 0 Å². The third-order valence-electron chi connectivity index (χ3n) is 10.1. The summed E-state index contributed by atoms with van der Waals surface area (Å²) in [7, 11) is 0. The first-order chi connectivity index (χ1) is 26.7. The maximum atomic E-state index is 5.40. The Hall–Kier alpha value is -6.60. The Morgan fingerprint density at radius 1 is 0.352 bits per heavy atom. The zero-order valence-corrected chi connectivity index (χ0v) is 30.4. The van der Waals surface area contributed by atoms with Crippen LogP contribution in [0.25, 0.3) is 108 Å². The summed E-state index contributed by atoms with van der Waals surface area (Å²) in [6.07, 6.45) is 0. The monoisotopic (exact) mass is 724 g/mol. The van der Waals surface area contributed by atoms with Gasteiger partial charge in [0.2, 0.25) is 0 Å². The molecule has 0 N–H and O–H groups in total. The molecule has 0 saturated carbocycles. The average molecular weight is 725 g/mol. The summed E-state index contributed by atoms with van der Waals surface area (Å²) in [4.78, 5) is 21.4. The number of hydrogen-bond donors (Lipinski definition) is 0. The molecule has 252 valence electrons. The van der Waals surface area contributed by atoms with E-state index in [1.54, 1.807) is 22.7 Å². The van der Waals surface area contributed by atoms with E-state index in [4.69, 9.17) is 19.9 Å². The van der Waals surface area contributed by atoms with Crippen molar-refractivity contribution < 1.29 is 0 Å². The van der Waals surface area contributed by atoms with Gasteiger partial charge < -0.3 is 0 Å². The maximum Gasteiger partial charge on any atom is 0.167 e. The van der Waals surface area contributed by atoms with Crippen LogP contribution in [0.5, 0.6) is 0 Å². The molecule has 3 heterocycles. The topological polar surface area (TPSA) is 51.6 Å². The molecule has 8 aromatic carbocycles. The van der Waals surface area contributed by atoms with Gasteiger partial charge in [-0.2, -0.15) is 0 Å². The van der Waals surface area contributed by atoms with Gasteiger partial charge in [-0.05, 0) is 63.0 Å². The molecule has 0 spiro atoms. The van der Waals surface area contributed by atoms with E-state index < -0.39 is 0 Å². The highest BCUT2D eigenvalue weighted by molar-refractivity contribution is 7.27. The zero-order valence-electron chi connectivity index (χ0n) is 28.8. The number of aromatic nitrogens is 4. The molecule has 0 saturated heterocycles. The molecule has 0 amide bonds. The van der Waals surface area contributed by atoms with Crippen molar-refractivity contribution in [3.8, 4) is 55.9 Å². The first-order valence-corrected chi connectivity index (χ1v) is 19.5. The quantitative estimate of drug-likeness (QED) is 0.177. The Morgan fingerprint density at radius 2 is 0.981 bits per heavy atom. The zero-order chi connectivity index (χ0) is 35.6. The summed E-state index contributed by atoms with van der Waals surface area (Å²) in [5.74, 6) is 1.86. The van der Waals surface area contributed by atoms with E-state index in [0.717, 1.165) is 64.1 Å². The number of fused-ring (bicyclic) bond motifs is 6. The van der Waals surface area contributed by atoms with Crippen LogP contribution in [-0.4, -0.2) is 19.9 Å². The van der Waals surface area contributed by atoms with Gasteiger partial charge >= 0.3 is 0 Å². The Labute approximate surface area is 318 Å². The molecule has 0 aliphatic carbocycles. The summed E-state index contributed by atoms with van der Waals surface area (Å²) in [5, 5.41) is 8.00. The van der Waals surface area contributed by atoms with Crippen molar-refractivity contribution in [2.75, 3.05) is 0 Å². The van der Waals surface area contributed by atoms with Crippen molar-refractivity contribution in [2.45, 2.75) is 0 Å². The summed E-state index contributed by atoms with van der Waals surface area (Å²) in [5.41, 5.74) is 7.09. The average Bonchev–Trinajstić information content (AvgIpc) is 3.84. The fourth-order valence-corrected chi connectivity index (χ4v) is 9.77. The van der Waals surface area contributed by atoms with Crippen molar-refractivity contribution in [2.24, 2.45) is 0 Å². The van der Waals surface area contributed by atoms with Crippen molar-refractivity contribution >= 4 is 74.6 Å². The van der Waals surface area contributed by atoms with Crippen molar-refractivity contribution in [1.82, 2.24) is 19.9 Å². The predicted molar refractivity (Wildman–Crippen MR) is 228 cm³/mol. The van der Waals surface area contributed by atoms with Crippen LogP contribution in [0.1, 0.15) is 0 Å². The minimum Gasteiger partial charge on any atom is -0.235 e. The molecule has 6 heteroatoms. The largest absolute Gasteiger partial charge is 0.235 e. The van der Waals surface area contributed by atoms with Crippen LogP contribution in [0, 0.1) is 0 Å². The van der Waals surface area contributed by atoms with Crippen molar-refractivity contribution in [1.29, 1.82) is 0 Å². The van der Waals surface area contributed by atoms with Gasteiger partial charge in [-0.15, -0.1) is 22.7 Å². The van der Waals surface area contributed by atoms with Crippen LogP contribution in [0.3, 0.4) is 0 Å². The van der Waals surface area contributed by atoms with Gasteiger partial charge in [0.25, 0.3) is 0 Å². The first kappa shape index (κ1) is 31.0. The van der Waals surface area contributed by atoms with Gasteiger partial charge in [-0.3, -0.25) is 0 Å². The molecule has 0 fully saturated rings. The molecule has 54 heavy (non-hydrogen) atoms. The molecular weight excluding hydrogens is 697 g/mol. The van der Waals surface area contributed by atoms with Gasteiger partial charge in [-0.1, -0.05) is 140 Å². The first-order valence-electron chi connectivity index (χ1n) is 17.9. The van der Waals surface area contributed by atoms with E-state index in [1.807, 2.05) is 6.07 Å². The highest BCUT2D eigenvalue weighted by Gasteiger charge is 2.23. The Morgan fingerprint density at radius 3 is 1.80 bits per heavy atom. The van der Waals surface area contributed by atoms with Gasteiger partial charge in [0.1, 0.15) is 5.01 Å². The second-order valence-electron chi connectivity index (χ2n) is 13.4. The summed E-state index contributed by atoms with van der Waals surface area (Å²) < 4.78 is 3.45. The van der Waals surface area contributed by atoms with Gasteiger partial charge in [0.15, 0.2) is 17.5 Å². The maximum absolute atomic E-state index is 5.40. The van der Waals surface area contributed by atoms with Gasteiger partial charge in [0, 0.05) is 36.9 Å². The number of rotatable bonds is 5. The number of benzene rings is 8. The number of hydrogen-bond acceptors (Lipinski definition) is 6. The molecule has 0 bridgehead atoms. The number of thiazole rings is 1. The molecule has 11 rings (SSSR count). The lowest BCUT2D eigenvalue weighted by Gasteiger charge is -2.13. The highest BCUT2D eigenvalue weighted by atomic mass is 32.1. The molecule has 4 nitrogen and oxygen atoms in total. The normalized spacial score (nSPS) is 11.7. The highest BCUT2D eigenvalue weighted by Crippen LogP contribution is 2.46. The summed E-state index contributed by atoms with van der Waals surface area (Å²) >= 11 is 3.49. The fraction of sp³-hybridized carbons (Fsp3) is 0. The minimum absolute atomic E-state index is 0.615. The van der Waals surface area contributed by atoms with E-state index in [1.165, 1.54) is 26.2 Å². The minimum atomic E-state index is 0.615. The molecule has 3 aromatic heterocycles. The van der Waals surface area contributed by atoms with E-state index in [0.29, 0.717) is 17.5 Å². The molecule has 0 radical (unpaired) electrons.